The van der Waals surface area contributed by atoms with Gasteiger partial charge in [-0.15, -0.1) is 0 Å². The molecule has 42 heavy (non-hydrogen) atoms. The number of nitrogens with one attached hydrogen (secondary N) is 1. The first-order valence-corrected chi connectivity index (χ1v) is 13.7. The Balaban J connectivity index is 1.22. The molecule has 3 aromatic rings. The second-order valence-electron chi connectivity index (χ2n) is 10.5. The van der Waals surface area contributed by atoms with Crippen LogP contribution in [0, 0.1) is 11.8 Å². The van der Waals surface area contributed by atoms with Crippen molar-refractivity contribution in [2.45, 2.75) is 45.7 Å². The van der Waals surface area contributed by atoms with Crippen LogP contribution in [-0.4, -0.2) is 48.5 Å². The number of hydrogen-bond acceptors (Lipinski definition) is 7. The van der Waals surface area contributed by atoms with Gasteiger partial charge in [0, 0.05) is 42.2 Å². The van der Waals surface area contributed by atoms with Gasteiger partial charge in [-0.2, -0.15) is 23.4 Å². The largest absolute Gasteiger partial charge is 0.494 e. The number of fused-ring (bicyclic) bond motifs is 1. The zero-order chi connectivity index (χ0) is 30.0. The molecule has 3 heterocycles. The summed E-state index contributed by atoms with van der Waals surface area (Å²) < 4.78 is 56.4. The van der Waals surface area contributed by atoms with Gasteiger partial charge in [-0.1, -0.05) is 13.8 Å². The SMILES string of the molecule is COc1ccc(C2=NN(CCCCOc3ccc(C4=NNC(=O)CC4C)cc3)C(=O)CC2C)c2cc(C(F)(F)F)oc12. The Bertz CT molecular complexity index is 1540. The molecule has 0 spiro atoms. The molecule has 222 valence electrons. The van der Waals surface area contributed by atoms with Gasteiger partial charge >= 0.3 is 6.18 Å². The molecule has 9 nitrogen and oxygen atoms in total. The Morgan fingerprint density at radius 3 is 2.45 bits per heavy atom. The topological polar surface area (TPSA) is 106 Å². The van der Waals surface area contributed by atoms with Crippen LogP contribution >= 0.6 is 0 Å². The third kappa shape index (κ3) is 6.12. The number of methoxy groups -OCH3 is 1. The van der Waals surface area contributed by atoms with Gasteiger partial charge in [0.1, 0.15) is 5.75 Å². The molecule has 0 saturated heterocycles. The van der Waals surface area contributed by atoms with E-state index in [4.69, 9.17) is 13.9 Å². The molecule has 2 amide bonds. The quantitative estimate of drug-likeness (QED) is 0.323. The monoisotopic (exact) mass is 584 g/mol. The molecule has 1 aromatic heterocycles. The van der Waals surface area contributed by atoms with Crippen molar-refractivity contribution in [1.29, 1.82) is 0 Å². The van der Waals surface area contributed by atoms with Gasteiger partial charge < -0.3 is 13.9 Å². The number of hydrazone groups is 2. The number of benzene rings is 2. The average Bonchev–Trinajstić information content (AvgIpc) is 3.41. The number of rotatable bonds is 9. The van der Waals surface area contributed by atoms with Gasteiger partial charge in [0.2, 0.25) is 17.6 Å². The predicted octanol–water partition coefficient (Wildman–Crippen LogP) is 5.75. The fraction of sp³-hybridized carbons (Fsp3) is 0.400. The minimum absolute atomic E-state index is 0.0149. The highest BCUT2D eigenvalue weighted by atomic mass is 19.4. The second kappa shape index (κ2) is 11.9. The first kappa shape index (κ1) is 29.2. The number of carbonyl (C=O) groups is 2. The van der Waals surface area contributed by atoms with Crippen LogP contribution in [0.25, 0.3) is 11.0 Å². The van der Waals surface area contributed by atoms with Crippen molar-refractivity contribution in [2.75, 3.05) is 20.3 Å². The molecular weight excluding hydrogens is 553 g/mol. The van der Waals surface area contributed by atoms with E-state index in [-0.39, 0.29) is 46.8 Å². The van der Waals surface area contributed by atoms with E-state index in [0.29, 0.717) is 49.4 Å². The minimum Gasteiger partial charge on any atom is -0.494 e. The lowest BCUT2D eigenvalue weighted by Crippen LogP contribution is -2.37. The summed E-state index contributed by atoms with van der Waals surface area (Å²) in [4.78, 5) is 24.2. The van der Waals surface area contributed by atoms with Crippen LogP contribution in [0.1, 0.15) is 56.4 Å². The fourth-order valence-electron chi connectivity index (χ4n) is 5.14. The molecule has 1 N–H and O–H groups in total. The third-order valence-corrected chi connectivity index (χ3v) is 7.33. The Morgan fingerprint density at radius 2 is 1.76 bits per heavy atom. The van der Waals surface area contributed by atoms with Crippen LogP contribution in [0.4, 0.5) is 13.2 Å². The summed E-state index contributed by atoms with van der Waals surface area (Å²) in [6.45, 7) is 4.56. The first-order valence-electron chi connectivity index (χ1n) is 13.7. The molecule has 0 bridgehead atoms. The Hall–Kier alpha value is -4.35. The van der Waals surface area contributed by atoms with E-state index in [1.165, 1.54) is 12.1 Å². The van der Waals surface area contributed by atoms with E-state index < -0.39 is 11.9 Å². The highest BCUT2D eigenvalue weighted by Gasteiger charge is 2.37. The maximum Gasteiger partial charge on any atom is 0.449 e. The molecule has 0 aliphatic carbocycles. The smallest absolute Gasteiger partial charge is 0.449 e. The van der Waals surface area contributed by atoms with E-state index in [9.17, 15) is 22.8 Å². The van der Waals surface area contributed by atoms with E-state index in [1.54, 1.807) is 12.1 Å². The molecule has 0 fully saturated rings. The van der Waals surface area contributed by atoms with Crippen molar-refractivity contribution >= 4 is 34.2 Å². The van der Waals surface area contributed by atoms with Gasteiger partial charge in [-0.3, -0.25) is 9.59 Å². The van der Waals surface area contributed by atoms with Crippen LogP contribution in [-0.2, 0) is 15.8 Å². The maximum absolute atomic E-state index is 13.4. The van der Waals surface area contributed by atoms with Crippen molar-refractivity contribution < 1.29 is 36.7 Å². The summed E-state index contributed by atoms with van der Waals surface area (Å²) in [5.74, 6) is -0.753. The van der Waals surface area contributed by atoms with Gasteiger partial charge in [-0.25, -0.2) is 10.4 Å². The highest BCUT2D eigenvalue weighted by Crippen LogP contribution is 2.39. The van der Waals surface area contributed by atoms with Crippen molar-refractivity contribution in [2.24, 2.45) is 22.0 Å². The van der Waals surface area contributed by atoms with Crippen molar-refractivity contribution in [3.8, 4) is 11.5 Å². The van der Waals surface area contributed by atoms with Gasteiger partial charge in [0.25, 0.3) is 0 Å². The number of nitrogens with zero attached hydrogens (tertiary/aromatic N) is 3. The Labute approximate surface area is 240 Å². The molecule has 2 aliphatic heterocycles. The van der Waals surface area contributed by atoms with Gasteiger partial charge in [-0.05, 0) is 60.9 Å². The van der Waals surface area contributed by atoms with E-state index in [0.717, 1.165) is 17.3 Å². The molecule has 2 atom stereocenters. The van der Waals surface area contributed by atoms with Crippen molar-refractivity contribution in [1.82, 2.24) is 10.4 Å². The standard InChI is InChI=1S/C30H31F3N4O5/c1-17-14-25(38)34-35-27(17)19-6-8-20(9-7-19)41-13-5-4-12-37-26(39)15-18(2)28(36-37)21-10-11-23(40-3)29-22(21)16-24(42-29)30(31,32)33/h6-11,16-18H,4-5,12-15H2,1-3H3,(H,34,38). The van der Waals surface area contributed by atoms with Crippen LogP contribution in [0.3, 0.4) is 0 Å². The summed E-state index contributed by atoms with van der Waals surface area (Å²) >= 11 is 0. The lowest BCUT2D eigenvalue weighted by Gasteiger charge is -2.28. The number of unbranched alkanes of at least 4 members (excludes halogenated alkanes) is 1. The van der Waals surface area contributed by atoms with Crippen molar-refractivity contribution in [3.05, 3.63) is 59.4 Å². The summed E-state index contributed by atoms with van der Waals surface area (Å²) in [6, 6.07) is 11.7. The molecule has 2 unspecified atom stereocenters. The zero-order valence-corrected chi connectivity index (χ0v) is 23.5. The molecule has 5 rings (SSSR count). The summed E-state index contributed by atoms with van der Waals surface area (Å²) in [5.41, 5.74) is 5.23. The number of ether oxygens (including phenoxy) is 2. The fourth-order valence-corrected chi connectivity index (χ4v) is 5.14. The molecule has 0 radical (unpaired) electrons. The van der Waals surface area contributed by atoms with E-state index in [2.05, 4.69) is 15.6 Å². The van der Waals surface area contributed by atoms with Crippen LogP contribution in [0.2, 0.25) is 0 Å². The summed E-state index contributed by atoms with van der Waals surface area (Å²) in [7, 11) is 1.36. The molecular formula is C30H31F3N4O5. The number of hydrogen-bond donors (Lipinski definition) is 1. The zero-order valence-electron chi connectivity index (χ0n) is 23.5. The number of halogens is 3. The molecule has 2 aliphatic rings. The van der Waals surface area contributed by atoms with E-state index >= 15 is 0 Å². The average molecular weight is 585 g/mol. The van der Waals surface area contributed by atoms with Crippen molar-refractivity contribution in [3.63, 3.8) is 0 Å². The first-order chi connectivity index (χ1) is 20.0. The maximum atomic E-state index is 13.4. The number of carbonyl (C=O) groups excluding carboxylic acids is 2. The Morgan fingerprint density at radius 1 is 1.02 bits per heavy atom. The number of furan rings is 1. The lowest BCUT2D eigenvalue weighted by atomic mass is 9.91. The highest BCUT2D eigenvalue weighted by molar-refractivity contribution is 6.14. The lowest BCUT2D eigenvalue weighted by molar-refractivity contribution is -0.152. The normalized spacial score (nSPS) is 19.4. The second-order valence-corrected chi connectivity index (χ2v) is 10.5. The third-order valence-electron chi connectivity index (χ3n) is 7.33. The number of alkyl halides is 3. The minimum atomic E-state index is -4.66. The van der Waals surface area contributed by atoms with Crippen LogP contribution in [0.15, 0.2) is 57.1 Å². The molecule has 12 heteroatoms. The van der Waals surface area contributed by atoms with Crippen LogP contribution < -0.4 is 14.9 Å². The van der Waals surface area contributed by atoms with Gasteiger partial charge in [0.15, 0.2) is 11.3 Å². The molecule has 0 saturated carbocycles. The summed E-state index contributed by atoms with van der Waals surface area (Å²) in [6.07, 6.45) is -2.80. The van der Waals surface area contributed by atoms with Gasteiger partial charge in [0.05, 0.1) is 25.1 Å². The molecule has 2 aromatic carbocycles. The van der Waals surface area contributed by atoms with Crippen LogP contribution in [0.5, 0.6) is 11.5 Å². The predicted molar refractivity (Wildman–Crippen MR) is 149 cm³/mol. The summed E-state index contributed by atoms with van der Waals surface area (Å²) in [5, 5.41) is 10.4. The number of amides is 2. The van der Waals surface area contributed by atoms with E-state index in [1.807, 2.05) is 38.1 Å². The Kier molecular flexibility index (Phi) is 8.24.